The van der Waals surface area contributed by atoms with Gasteiger partial charge < -0.3 is 11.1 Å². The van der Waals surface area contributed by atoms with Gasteiger partial charge in [0.2, 0.25) is 16.0 Å². The summed E-state index contributed by atoms with van der Waals surface area (Å²) in [6.45, 7) is 1.87. The van der Waals surface area contributed by atoms with Gasteiger partial charge in [-0.15, -0.1) is 0 Å². The first-order valence-corrected chi connectivity index (χ1v) is 14.2. The minimum absolute atomic E-state index is 0.0232. The smallest absolute Gasteiger partial charge is 0.263 e. The zero-order valence-corrected chi connectivity index (χ0v) is 22.5. The van der Waals surface area contributed by atoms with Crippen LogP contribution in [0.3, 0.4) is 0 Å². The van der Waals surface area contributed by atoms with Gasteiger partial charge in [0.15, 0.2) is 0 Å². The number of nitrogens with zero attached hydrogens (tertiary/aromatic N) is 4. The first-order chi connectivity index (χ1) is 19.1. The standard InChI is InChI=1S/C29H25N7O3S/c1-18(33-27-21(16-30)17-32-29(31)34-27)25-15-20-7-6-10-24(19-11-13-22(14-12-19)35-40(2,38)39)26(20)28(37)36(25)23-8-4-3-5-9-23/h3-15,17-18,35H,1-2H3,(H3,31,32,33,34). The fraction of sp³-hybridized carbons (Fsp3) is 0.103. The topological polar surface area (TPSA) is 156 Å². The third kappa shape index (κ3) is 5.34. The minimum Gasteiger partial charge on any atom is -0.368 e. The highest BCUT2D eigenvalue weighted by Gasteiger charge is 2.20. The van der Waals surface area contributed by atoms with Crippen molar-refractivity contribution in [3.63, 3.8) is 0 Å². The Morgan fingerprint density at radius 3 is 2.42 bits per heavy atom. The number of anilines is 3. The van der Waals surface area contributed by atoms with Crippen molar-refractivity contribution in [2.24, 2.45) is 0 Å². The molecule has 3 aromatic carbocycles. The summed E-state index contributed by atoms with van der Waals surface area (Å²) in [5.74, 6) is 0.293. The molecule has 0 fully saturated rings. The second-order valence-electron chi connectivity index (χ2n) is 9.24. The molecule has 0 aliphatic heterocycles. The van der Waals surface area contributed by atoms with E-state index in [1.54, 1.807) is 28.8 Å². The van der Waals surface area contributed by atoms with Gasteiger partial charge in [0.05, 0.1) is 23.9 Å². The van der Waals surface area contributed by atoms with Crippen LogP contribution in [0.1, 0.15) is 24.2 Å². The van der Waals surface area contributed by atoms with E-state index < -0.39 is 16.1 Å². The van der Waals surface area contributed by atoms with Crippen molar-refractivity contribution in [2.45, 2.75) is 13.0 Å². The number of sulfonamides is 1. The van der Waals surface area contributed by atoms with Crippen LogP contribution in [0.15, 0.2) is 89.9 Å². The number of hydrogen-bond donors (Lipinski definition) is 3. The molecular formula is C29H25N7O3S. The molecule has 11 heteroatoms. The Morgan fingerprint density at radius 2 is 1.75 bits per heavy atom. The van der Waals surface area contributed by atoms with Crippen molar-refractivity contribution < 1.29 is 8.42 Å². The lowest BCUT2D eigenvalue weighted by Crippen LogP contribution is -2.26. The SMILES string of the molecule is CC(Nc1nc(N)ncc1C#N)c1cc2cccc(-c3ccc(NS(C)(=O)=O)cc3)c2c(=O)n1-c1ccccc1. The third-order valence-corrected chi connectivity index (χ3v) is 6.92. The minimum atomic E-state index is -3.42. The van der Waals surface area contributed by atoms with Crippen LogP contribution in [0.2, 0.25) is 0 Å². The number of hydrogen-bond acceptors (Lipinski definition) is 8. The maximum atomic E-state index is 14.3. The van der Waals surface area contributed by atoms with Gasteiger partial charge in [-0.1, -0.05) is 48.5 Å². The molecule has 2 heterocycles. The lowest BCUT2D eigenvalue weighted by molar-refractivity contribution is 0.607. The van der Waals surface area contributed by atoms with Crippen LogP contribution in [0.4, 0.5) is 17.5 Å². The Balaban J connectivity index is 1.68. The summed E-state index contributed by atoms with van der Waals surface area (Å²) in [6, 6.07) is 25.3. The fourth-order valence-corrected chi connectivity index (χ4v) is 5.15. The number of nitrogens with one attached hydrogen (secondary N) is 2. The van der Waals surface area contributed by atoms with Crippen molar-refractivity contribution in [2.75, 3.05) is 22.0 Å². The average molecular weight is 552 g/mol. The van der Waals surface area contributed by atoms with Crippen LogP contribution in [0.5, 0.6) is 0 Å². The van der Waals surface area contributed by atoms with E-state index in [1.165, 1.54) is 6.20 Å². The van der Waals surface area contributed by atoms with E-state index in [9.17, 15) is 18.5 Å². The van der Waals surface area contributed by atoms with Crippen LogP contribution in [0, 0.1) is 11.3 Å². The van der Waals surface area contributed by atoms with E-state index in [4.69, 9.17) is 5.73 Å². The molecule has 200 valence electrons. The Hall–Kier alpha value is -5.21. The van der Waals surface area contributed by atoms with Crippen molar-refractivity contribution in [1.29, 1.82) is 5.26 Å². The van der Waals surface area contributed by atoms with Crippen LogP contribution >= 0.6 is 0 Å². The van der Waals surface area contributed by atoms with Crippen LogP contribution in [0.25, 0.3) is 27.6 Å². The van der Waals surface area contributed by atoms with Gasteiger partial charge in [0.25, 0.3) is 5.56 Å². The van der Waals surface area contributed by atoms with Gasteiger partial charge in [-0.25, -0.2) is 13.4 Å². The van der Waals surface area contributed by atoms with E-state index in [-0.39, 0.29) is 22.9 Å². The number of rotatable bonds is 7. The van der Waals surface area contributed by atoms with Crippen LogP contribution in [-0.4, -0.2) is 29.2 Å². The van der Waals surface area contributed by atoms with Gasteiger partial charge in [0, 0.05) is 17.1 Å². The highest BCUT2D eigenvalue weighted by atomic mass is 32.2. The number of fused-ring (bicyclic) bond motifs is 1. The zero-order chi connectivity index (χ0) is 28.4. The van der Waals surface area contributed by atoms with E-state index in [2.05, 4.69) is 26.1 Å². The molecule has 4 N–H and O–H groups in total. The first-order valence-electron chi connectivity index (χ1n) is 12.3. The third-order valence-electron chi connectivity index (χ3n) is 6.31. The van der Waals surface area contributed by atoms with Crippen LogP contribution in [-0.2, 0) is 10.0 Å². The van der Waals surface area contributed by atoms with Gasteiger partial charge >= 0.3 is 0 Å². The van der Waals surface area contributed by atoms with Gasteiger partial charge in [0.1, 0.15) is 17.5 Å². The Morgan fingerprint density at radius 1 is 1.02 bits per heavy atom. The first kappa shape index (κ1) is 26.4. The molecule has 0 amide bonds. The quantitative estimate of drug-likeness (QED) is 0.268. The molecule has 0 aliphatic carbocycles. The molecule has 2 aromatic heterocycles. The van der Waals surface area contributed by atoms with E-state index in [0.717, 1.165) is 17.2 Å². The lowest BCUT2D eigenvalue weighted by atomic mass is 9.97. The number of nitrogen functional groups attached to an aromatic ring is 1. The molecule has 0 spiro atoms. The molecule has 0 radical (unpaired) electrons. The highest BCUT2D eigenvalue weighted by Crippen LogP contribution is 2.31. The summed E-state index contributed by atoms with van der Waals surface area (Å²) < 4.78 is 27.3. The molecule has 5 aromatic rings. The molecule has 1 unspecified atom stereocenters. The summed E-state index contributed by atoms with van der Waals surface area (Å²) in [4.78, 5) is 22.3. The molecule has 0 bridgehead atoms. The summed E-state index contributed by atoms with van der Waals surface area (Å²) in [6.07, 6.45) is 2.44. The maximum Gasteiger partial charge on any atom is 0.263 e. The second-order valence-corrected chi connectivity index (χ2v) is 11.0. The lowest BCUT2D eigenvalue weighted by Gasteiger charge is -2.22. The molecular weight excluding hydrogens is 526 g/mol. The fourth-order valence-electron chi connectivity index (χ4n) is 4.58. The van der Waals surface area contributed by atoms with Gasteiger partial charge in [-0.3, -0.25) is 14.1 Å². The van der Waals surface area contributed by atoms with Crippen molar-refractivity contribution in [1.82, 2.24) is 14.5 Å². The Bertz CT molecular complexity index is 1930. The van der Waals surface area contributed by atoms with E-state index in [0.29, 0.717) is 28.0 Å². The monoisotopic (exact) mass is 551 g/mol. The van der Waals surface area contributed by atoms with Crippen LogP contribution < -0.4 is 21.3 Å². The normalized spacial score (nSPS) is 12.0. The van der Waals surface area contributed by atoms with Gasteiger partial charge in [-0.05, 0) is 53.8 Å². The molecule has 0 saturated heterocycles. The molecule has 0 saturated carbocycles. The summed E-state index contributed by atoms with van der Waals surface area (Å²) >= 11 is 0. The largest absolute Gasteiger partial charge is 0.368 e. The Labute approximate surface area is 230 Å². The molecule has 1 atom stereocenters. The number of benzene rings is 3. The maximum absolute atomic E-state index is 14.3. The number of nitrogens with two attached hydrogens (primary N) is 1. The average Bonchev–Trinajstić information content (AvgIpc) is 2.93. The van der Waals surface area contributed by atoms with Crippen molar-refractivity contribution in [3.05, 3.63) is 107 Å². The zero-order valence-electron chi connectivity index (χ0n) is 21.7. The predicted molar refractivity (Wildman–Crippen MR) is 157 cm³/mol. The van der Waals surface area contributed by atoms with Crippen molar-refractivity contribution >= 4 is 38.2 Å². The number of para-hydroxylation sites is 1. The van der Waals surface area contributed by atoms with Gasteiger partial charge in [-0.2, -0.15) is 10.2 Å². The highest BCUT2D eigenvalue weighted by molar-refractivity contribution is 7.92. The van der Waals surface area contributed by atoms with E-state index >= 15 is 0 Å². The summed E-state index contributed by atoms with van der Waals surface area (Å²) in [5, 5.41) is 14.0. The number of nitriles is 1. The Kier molecular flexibility index (Phi) is 6.94. The second kappa shape index (κ2) is 10.5. The molecule has 0 aliphatic rings. The van der Waals surface area contributed by atoms with Crippen molar-refractivity contribution in [3.8, 4) is 22.9 Å². The predicted octanol–water partition coefficient (Wildman–Crippen LogP) is 4.45. The molecule has 10 nitrogen and oxygen atoms in total. The number of aromatic nitrogens is 3. The van der Waals surface area contributed by atoms with E-state index in [1.807, 2.05) is 61.5 Å². The molecule has 40 heavy (non-hydrogen) atoms. The summed E-state index contributed by atoms with van der Waals surface area (Å²) in [7, 11) is -3.42. The summed E-state index contributed by atoms with van der Waals surface area (Å²) in [5.41, 5.74) is 8.98. The molecule has 5 rings (SSSR count). The number of pyridine rings is 1.